The van der Waals surface area contributed by atoms with Gasteiger partial charge in [-0.25, -0.2) is 4.79 Å². The maximum absolute atomic E-state index is 11.1. The minimum Gasteiger partial charge on any atom is -0.443 e. The predicted octanol–water partition coefficient (Wildman–Crippen LogP) is 3.77. The van der Waals surface area contributed by atoms with Crippen LogP contribution >= 0.6 is 23.2 Å². The predicted molar refractivity (Wildman–Crippen MR) is 81.5 cm³/mol. The van der Waals surface area contributed by atoms with E-state index in [0.29, 0.717) is 15.6 Å². The van der Waals surface area contributed by atoms with Gasteiger partial charge in [0.15, 0.2) is 0 Å². The maximum atomic E-state index is 11.1. The van der Waals surface area contributed by atoms with E-state index in [4.69, 9.17) is 43.1 Å². The number of ether oxygens (including phenoxy) is 3. The molecule has 2 atom stereocenters. The summed E-state index contributed by atoms with van der Waals surface area (Å²) in [4.78, 5) is 11.1. The Morgan fingerprint density at radius 3 is 2.48 bits per heavy atom. The Labute approximate surface area is 134 Å². The molecule has 2 unspecified atom stereocenters. The van der Waals surface area contributed by atoms with Crippen molar-refractivity contribution in [2.24, 2.45) is 11.7 Å². The molecule has 0 aromatic heterocycles. The summed E-state index contributed by atoms with van der Waals surface area (Å²) in [6.07, 6.45) is -2.08. The van der Waals surface area contributed by atoms with Gasteiger partial charge < -0.3 is 19.9 Å². The second-order valence-corrected chi connectivity index (χ2v) is 5.65. The van der Waals surface area contributed by atoms with Gasteiger partial charge in [-0.2, -0.15) is 0 Å². The lowest BCUT2D eigenvalue weighted by Gasteiger charge is -2.30. The molecule has 1 rings (SSSR count). The van der Waals surface area contributed by atoms with Gasteiger partial charge in [0.2, 0.25) is 0 Å². The molecular weight excluding hydrogens is 317 g/mol. The van der Waals surface area contributed by atoms with Gasteiger partial charge in [0.05, 0.1) is 0 Å². The minimum atomic E-state index is -0.871. The minimum absolute atomic E-state index is 0.0228. The normalized spacial score (nSPS) is 14.0. The number of hydrogen-bond donors (Lipinski definition) is 1. The smallest absolute Gasteiger partial charge is 0.404 e. The zero-order valence-electron chi connectivity index (χ0n) is 12.1. The summed E-state index contributed by atoms with van der Waals surface area (Å²) in [6, 6.07) is 5.02. The molecule has 0 saturated carbocycles. The van der Waals surface area contributed by atoms with E-state index in [1.54, 1.807) is 18.2 Å². The van der Waals surface area contributed by atoms with E-state index < -0.39 is 18.3 Å². The van der Waals surface area contributed by atoms with E-state index in [0.717, 1.165) is 0 Å². The lowest BCUT2D eigenvalue weighted by Crippen LogP contribution is -2.34. The van der Waals surface area contributed by atoms with E-state index in [2.05, 4.69) is 0 Å². The van der Waals surface area contributed by atoms with Crippen LogP contribution in [0.5, 0.6) is 0 Å². The first-order valence-corrected chi connectivity index (χ1v) is 7.14. The van der Waals surface area contributed by atoms with Crippen LogP contribution in [0.4, 0.5) is 4.79 Å². The summed E-state index contributed by atoms with van der Waals surface area (Å²) < 4.78 is 15.7. The average molecular weight is 336 g/mol. The van der Waals surface area contributed by atoms with E-state index in [1.165, 1.54) is 7.11 Å². The number of methoxy groups -OCH3 is 1. The van der Waals surface area contributed by atoms with Crippen molar-refractivity contribution in [3.05, 3.63) is 33.8 Å². The van der Waals surface area contributed by atoms with Gasteiger partial charge in [0.1, 0.15) is 19.0 Å². The molecule has 0 fully saturated rings. The summed E-state index contributed by atoms with van der Waals surface area (Å²) in [7, 11) is 1.50. The monoisotopic (exact) mass is 335 g/mol. The van der Waals surface area contributed by atoms with Gasteiger partial charge in [0, 0.05) is 22.7 Å². The van der Waals surface area contributed by atoms with Gasteiger partial charge in [-0.1, -0.05) is 43.1 Å². The second kappa shape index (κ2) is 8.44. The number of nitrogens with two attached hydrogens (primary N) is 1. The number of amides is 1. The van der Waals surface area contributed by atoms with E-state index in [1.807, 2.05) is 13.8 Å². The molecule has 118 valence electrons. The van der Waals surface area contributed by atoms with Crippen molar-refractivity contribution in [2.75, 3.05) is 13.9 Å². The molecule has 1 aromatic rings. The number of benzene rings is 1. The molecule has 0 aliphatic carbocycles. The average Bonchev–Trinajstić information content (AvgIpc) is 2.38. The number of halogens is 2. The highest BCUT2D eigenvalue weighted by atomic mass is 35.5. The summed E-state index contributed by atoms with van der Waals surface area (Å²) >= 11 is 12.1. The van der Waals surface area contributed by atoms with Crippen LogP contribution < -0.4 is 5.73 Å². The molecule has 21 heavy (non-hydrogen) atoms. The van der Waals surface area contributed by atoms with Gasteiger partial charge >= 0.3 is 6.09 Å². The molecule has 0 aliphatic rings. The molecule has 1 amide bonds. The lowest BCUT2D eigenvalue weighted by atomic mass is 9.95. The first-order chi connectivity index (χ1) is 9.86. The third kappa shape index (κ3) is 5.36. The topological polar surface area (TPSA) is 70.8 Å². The molecule has 0 radical (unpaired) electrons. The standard InChI is InChI=1S/C14H19Cl2NO4/c1-8(2)12(21-14(17)18)13(20-7-19-3)10-5-4-9(15)6-11(10)16/h4-6,8,12-13H,7H2,1-3H3,(H2,17,18). The molecule has 1 aromatic carbocycles. The number of rotatable bonds is 7. The first-order valence-electron chi connectivity index (χ1n) is 6.38. The second-order valence-electron chi connectivity index (χ2n) is 4.81. The summed E-state index contributed by atoms with van der Waals surface area (Å²) in [5.74, 6) is -0.0360. The van der Waals surface area contributed by atoms with Crippen molar-refractivity contribution in [2.45, 2.75) is 26.1 Å². The summed E-state index contributed by atoms with van der Waals surface area (Å²) in [5.41, 5.74) is 5.79. The molecule has 0 aliphatic heterocycles. The highest BCUT2D eigenvalue weighted by Gasteiger charge is 2.31. The van der Waals surface area contributed by atoms with Crippen LogP contribution in [0.15, 0.2) is 18.2 Å². The number of hydrogen-bond acceptors (Lipinski definition) is 4. The van der Waals surface area contributed by atoms with E-state index in [-0.39, 0.29) is 12.7 Å². The Kier molecular flexibility index (Phi) is 7.25. The summed E-state index contributed by atoms with van der Waals surface area (Å²) in [5, 5.41) is 0.925. The van der Waals surface area contributed by atoms with Crippen molar-refractivity contribution in [3.8, 4) is 0 Å². The van der Waals surface area contributed by atoms with E-state index in [9.17, 15) is 4.79 Å². The van der Waals surface area contributed by atoms with Crippen molar-refractivity contribution in [3.63, 3.8) is 0 Å². The highest BCUT2D eigenvalue weighted by molar-refractivity contribution is 6.35. The molecule has 0 bridgehead atoms. The molecule has 5 nitrogen and oxygen atoms in total. The molecule has 2 N–H and O–H groups in total. The Morgan fingerprint density at radius 2 is 2.00 bits per heavy atom. The van der Waals surface area contributed by atoms with Crippen LogP contribution in [0, 0.1) is 5.92 Å². The van der Waals surface area contributed by atoms with Crippen LogP contribution in [0.2, 0.25) is 10.0 Å². The van der Waals surface area contributed by atoms with Gasteiger partial charge in [-0.3, -0.25) is 0 Å². The fourth-order valence-electron chi connectivity index (χ4n) is 1.92. The largest absolute Gasteiger partial charge is 0.443 e. The highest BCUT2D eigenvalue weighted by Crippen LogP contribution is 2.34. The number of carbonyl (C=O) groups is 1. The Balaban J connectivity index is 3.15. The third-order valence-corrected chi connectivity index (χ3v) is 3.40. The molecular formula is C14H19Cl2NO4. The van der Waals surface area contributed by atoms with Crippen molar-refractivity contribution in [1.82, 2.24) is 0 Å². The molecule has 0 saturated heterocycles. The lowest BCUT2D eigenvalue weighted by molar-refractivity contribution is -0.124. The van der Waals surface area contributed by atoms with Crippen molar-refractivity contribution in [1.29, 1.82) is 0 Å². The Hall–Kier alpha value is -1.01. The van der Waals surface area contributed by atoms with Crippen LogP contribution in [-0.4, -0.2) is 26.1 Å². The Morgan fingerprint density at radius 1 is 1.33 bits per heavy atom. The fraction of sp³-hybridized carbons (Fsp3) is 0.500. The molecule has 0 spiro atoms. The Bertz CT molecular complexity index is 482. The number of carbonyl (C=O) groups excluding carboxylic acids is 1. The zero-order valence-corrected chi connectivity index (χ0v) is 13.6. The third-order valence-electron chi connectivity index (χ3n) is 2.84. The summed E-state index contributed by atoms with van der Waals surface area (Å²) in [6.45, 7) is 3.80. The SMILES string of the molecule is COCOC(c1ccc(Cl)cc1Cl)C(OC(N)=O)C(C)C. The molecule has 7 heteroatoms. The number of primary amides is 1. The zero-order chi connectivity index (χ0) is 16.0. The maximum Gasteiger partial charge on any atom is 0.404 e. The van der Waals surface area contributed by atoms with E-state index >= 15 is 0 Å². The van der Waals surface area contributed by atoms with Crippen LogP contribution in [0.25, 0.3) is 0 Å². The first kappa shape index (κ1) is 18.0. The van der Waals surface area contributed by atoms with Crippen LogP contribution in [0.1, 0.15) is 25.5 Å². The van der Waals surface area contributed by atoms with Crippen LogP contribution in [0.3, 0.4) is 0 Å². The van der Waals surface area contributed by atoms with Gasteiger partial charge in [0.25, 0.3) is 0 Å². The van der Waals surface area contributed by atoms with Crippen molar-refractivity contribution >= 4 is 29.3 Å². The van der Waals surface area contributed by atoms with Gasteiger partial charge in [-0.15, -0.1) is 0 Å². The quantitative estimate of drug-likeness (QED) is 0.770. The van der Waals surface area contributed by atoms with Gasteiger partial charge in [-0.05, 0) is 18.1 Å². The van der Waals surface area contributed by atoms with Crippen LogP contribution in [-0.2, 0) is 14.2 Å². The fourth-order valence-corrected chi connectivity index (χ4v) is 2.43. The molecule has 0 heterocycles. The van der Waals surface area contributed by atoms with Crippen molar-refractivity contribution < 1.29 is 19.0 Å².